The second kappa shape index (κ2) is 6.22. The molecule has 1 N–H and O–H groups in total. The third kappa shape index (κ3) is 3.36. The van der Waals surface area contributed by atoms with Crippen molar-refractivity contribution in [3.05, 3.63) is 65.5 Å². The van der Waals surface area contributed by atoms with Gasteiger partial charge in [-0.15, -0.1) is 0 Å². The molecular formula is C22H27N3. The molecule has 0 radical (unpaired) electrons. The molecule has 3 heteroatoms. The maximum atomic E-state index is 4.31. The second-order valence-electron chi connectivity index (χ2n) is 8.35. The van der Waals surface area contributed by atoms with Crippen molar-refractivity contribution in [1.82, 2.24) is 15.2 Å². The van der Waals surface area contributed by atoms with Crippen molar-refractivity contribution < 1.29 is 0 Å². The van der Waals surface area contributed by atoms with Crippen molar-refractivity contribution in [3.63, 3.8) is 0 Å². The summed E-state index contributed by atoms with van der Waals surface area (Å²) in [4.78, 5) is 6.96. The lowest BCUT2D eigenvalue weighted by molar-refractivity contribution is 0.199. The van der Waals surface area contributed by atoms with Gasteiger partial charge in [-0.2, -0.15) is 0 Å². The Balaban J connectivity index is 1.14. The lowest BCUT2D eigenvalue weighted by Gasteiger charge is -2.32. The summed E-state index contributed by atoms with van der Waals surface area (Å²) in [5.74, 6) is 0.741. The van der Waals surface area contributed by atoms with Crippen molar-refractivity contribution in [2.75, 3.05) is 19.6 Å². The monoisotopic (exact) mass is 333 g/mol. The van der Waals surface area contributed by atoms with E-state index in [9.17, 15) is 0 Å². The largest absolute Gasteiger partial charge is 0.313 e. The standard InChI is InChI=1S/C22H27N3/c1-2-4-18(5-3-1)20-12-21(20)24-15-22(8-9-22)16-25-11-7-17-6-10-23-13-19(17)14-25/h1-6,10,13,20-21,24H,7-9,11-12,14-16H2. The van der Waals surface area contributed by atoms with Crippen molar-refractivity contribution in [2.24, 2.45) is 5.41 Å². The maximum Gasteiger partial charge on any atom is 0.0315 e. The van der Waals surface area contributed by atoms with Crippen LogP contribution >= 0.6 is 0 Å². The lowest BCUT2D eigenvalue weighted by Crippen LogP contribution is -2.39. The predicted molar refractivity (Wildman–Crippen MR) is 100 cm³/mol. The van der Waals surface area contributed by atoms with Crippen molar-refractivity contribution in [1.29, 1.82) is 0 Å². The second-order valence-corrected chi connectivity index (χ2v) is 8.35. The van der Waals surface area contributed by atoms with E-state index >= 15 is 0 Å². The van der Waals surface area contributed by atoms with E-state index in [0.29, 0.717) is 11.5 Å². The summed E-state index contributed by atoms with van der Waals surface area (Å²) in [5.41, 5.74) is 4.97. The summed E-state index contributed by atoms with van der Waals surface area (Å²) >= 11 is 0. The fraction of sp³-hybridized carbons (Fsp3) is 0.500. The Labute approximate surface area is 150 Å². The topological polar surface area (TPSA) is 28.2 Å². The number of aromatic nitrogens is 1. The van der Waals surface area contributed by atoms with Crippen LogP contribution in [0, 0.1) is 5.41 Å². The fourth-order valence-electron chi connectivity index (χ4n) is 4.45. The Bertz CT molecular complexity index is 738. The number of rotatable bonds is 6. The summed E-state index contributed by atoms with van der Waals surface area (Å²) in [6, 6.07) is 13.9. The number of hydrogen-bond acceptors (Lipinski definition) is 3. The molecule has 2 fully saturated rings. The van der Waals surface area contributed by atoms with Crippen LogP contribution in [0.15, 0.2) is 48.8 Å². The average molecular weight is 333 g/mol. The highest BCUT2D eigenvalue weighted by Gasteiger charge is 2.46. The lowest BCUT2D eigenvalue weighted by atomic mass is 9.99. The molecule has 1 aliphatic heterocycles. The number of hydrogen-bond donors (Lipinski definition) is 1. The molecule has 2 aliphatic carbocycles. The van der Waals surface area contributed by atoms with Crippen LogP contribution in [0.1, 0.15) is 41.9 Å². The molecule has 3 aliphatic rings. The van der Waals surface area contributed by atoms with Crippen LogP contribution in [-0.2, 0) is 13.0 Å². The van der Waals surface area contributed by atoms with Gasteiger partial charge in [0.05, 0.1) is 0 Å². The van der Waals surface area contributed by atoms with Crippen molar-refractivity contribution in [3.8, 4) is 0 Å². The Morgan fingerprint density at radius 1 is 1.12 bits per heavy atom. The minimum absolute atomic E-state index is 0.531. The van der Waals surface area contributed by atoms with Gasteiger partial charge in [0.1, 0.15) is 0 Å². The first-order valence-electron chi connectivity index (χ1n) is 9.74. The van der Waals surface area contributed by atoms with E-state index in [-0.39, 0.29) is 0 Å². The predicted octanol–water partition coefficient (Wildman–Crippen LogP) is 3.37. The molecule has 130 valence electrons. The first kappa shape index (κ1) is 15.5. The van der Waals surface area contributed by atoms with Gasteiger partial charge in [-0.05, 0) is 53.9 Å². The van der Waals surface area contributed by atoms with Gasteiger partial charge in [-0.1, -0.05) is 30.3 Å². The van der Waals surface area contributed by atoms with Gasteiger partial charge in [0.2, 0.25) is 0 Å². The molecule has 2 atom stereocenters. The van der Waals surface area contributed by atoms with Gasteiger partial charge in [-0.25, -0.2) is 0 Å². The van der Waals surface area contributed by atoms with E-state index in [4.69, 9.17) is 0 Å². The molecular weight excluding hydrogens is 306 g/mol. The Kier molecular flexibility index (Phi) is 3.87. The number of pyridine rings is 1. The summed E-state index contributed by atoms with van der Waals surface area (Å²) in [5, 5.41) is 3.88. The third-order valence-corrected chi connectivity index (χ3v) is 6.37. The number of nitrogens with one attached hydrogen (secondary N) is 1. The third-order valence-electron chi connectivity index (χ3n) is 6.37. The van der Waals surface area contributed by atoms with Crippen LogP contribution in [-0.4, -0.2) is 35.6 Å². The Morgan fingerprint density at radius 3 is 2.84 bits per heavy atom. The molecule has 0 saturated heterocycles. The van der Waals surface area contributed by atoms with Gasteiger partial charge in [0.25, 0.3) is 0 Å². The molecule has 2 unspecified atom stereocenters. The number of benzene rings is 1. The molecule has 25 heavy (non-hydrogen) atoms. The van der Waals surface area contributed by atoms with Crippen LogP contribution < -0.4 is 5.32 Å². The summed E-state index contributed by atoms with van der Waals surface area (Å²) in [6.45, 7) is 4.73. The van der Waals surface area contributed by atoms with E-state index < -0.39 is 0 Å². The first-order chi connectivity index (χ1) is 12.3. The molecule has 3 nitrogen and oxygen atoms in total. The quantitative estimate of drug-likeness (QED) is 0.878. The average Bonchev–Trinajstić information content (AvgIpc) is 3.57. The van der Waals surface area contributed by atoms with Crippen molar-refractivity contribution in [2.45, 2.75) is 44.2 Å². The van der Waals surface area contributed by atoms with Gasteiger partial charge < -0.3 is 5.32 Å². The van der Waals surface area contributed by atoms with Crippen molar-refractivity contribution >= 4 is 0 Å². The van der Waals surface area contributed by atoms with Gasteiger partial charge in [-0.3, -0.25) is 9.88 Å². The van der Waals surface area contributed by atoms with Gasteiger partial charge >= 0.3 is 0 Å². The van der Waals surface area contributed by atoms with Crippen LogP contribution in [0.25, 0.3) is 0 Å². The van der Waals surface area contributed by atoms with E-state index in [1.807, 2.05) is 6.20 Å². The molecule has 0 spiro atoms. The van der Waals surface area contributed by atoms with E-state index in [0.717, 1.165) is 12.5 Å². The zero-order valence-electron chi connectivity index (χ0n) is 14.8. The highest BCUT2D eigenvalue weighted by molar-refractivity contribution is 5.28. The molecule has 1 aromatic carbocycles. The smallest absolute Gasteiger partial charge is 0.0315 e. The molecule has 0 amide bonds. The van der Waals surface area contributed by atoms with E-state index in [1.165, 1.54) is 62.0 Å². The molecule has 0 bridgehead atoms. The molecule has 1 aromatic heterocycles. The zero-order chi connectivity index (χ0) is 16.7. The van der Waals surface area contributed by atoms with Gasteiger partial charge in [0.15, 0.2) is 0 Å². The number of fused-ring (bicyclic) bond motifs is 1. The normalized spacial score (nSPS) is 26.9. The van der Waals surface area contributed by atoms with E-state index in [2.05, 4.69) is 57.8 Å². The highest BCUT2D eigenvalue weighted by Crippen LogP contribution is 2.48. The van der Waals surface area contributed by atoms with Crippen LogP contribution in [0.3, 0.4) is 0 Å². The Hall–Kier alpha value is -1.71. The summed E-state index contributed by atoms with van der Waals surface area (Å²) in [6.07, 6.45) is 9.26. The summed E-state index contributed by atoms with van der Waals surface area (Å²) < 4.78 is 0. The number of nitrogens with zero attached hydrogens (tertiary/aromatic N) is 2. The molecule has 2 saturated carbocycles. The van der Waals surface area contributed by atoms with Crippen LogP contribution in [0.5, 0.6) is 0 Å². The summed E-state index contributed by atoms with van der Waals surface area (Å²) in [7, 11) is 0. The maximum absolute atomic E-state index is 4.31. The molecule has 2 heterocycles. The minimum atomic E-state index is 0.531. The SMILES string of the molecule is c1ccc(C2CC2NCC2(CN3CCc4ccncc4C3)CC2)cc1. The van der Waals surface area contributed by atoms with Crippen LogP contribution in [0.2, 0.25) is 0 Å². The molecule has 5 rings (SSSR count). The van der Waals surface area contributed by atoms with E-state index in [1.54, 1.807) is 0 Å². The van der Waals surface area contributed by atoms with Gasteiger partial charge in [0, 0.05) is 50.5 Å². The first-order valence-corrected chi connectivity index (χ1v) is 9.74. The highest BCUT2D eigenvalue weighted by atomic mass is 15.1. The minimum Gasteiger partial charge on any atom is -0.313 e. The zero-order valence-corrected chi connectivity index (χ0v) is 14.8. The van der Waals surface area contributed by atoms with Crippen LogP contribution in [0.4, 0.5) is 0 Å². The fourth-order valence-corrected chi connectivity index (χ4v) is 4.45. The Morgan fingerprint density at radius 2 is 2.00 bits per heavy atom. The molecule has 2 aromatic rings.